The minimum absolute atomic E-state index is 0.00624. The van der Waals surface area contributed by atoms with E-state index in [1.165, 1.54) is 77.0 Å². The molecule has 0 saturated carbocycles. The van der Waals surface area contributed by atoms with Crippen molar-refractivity contribution in [3.8, 4) is 0 Å². The van der Waals surface area contributed by atoms with Gasteiger partial charge in [0.1, 0.15) is 6.10 Å². The second-order valence-electron chi connectivity index (χ2n) is 7.60. The van der Waals surface area contributed by atoms with Gasteiger partial charge in [0.2, 0.25) is 0 Å². The standard InChI is InChI=1S/C23H48O5/c1-3-4-5-10-13-16-26-17-14-11-8-6-7-9-12-15-18-27-22-23(21-24)28-20-19-25-2/h23-24H,3-22H2,1-2H3. The van der Waals surface area contributed by atoms with E-state index in [0.29, 0.717) is 19.8 Å². The first kappa shape index (κ1) is 27.8. The summed E-state index contributed by atoms with van der Waals surface area (Å²) in [6.07, 6.45) is 16.4. The maximum Gasteiger partial charge on any atom is 0.104 e. The van der Waals surface area contributed by atoms with Gasteiger partial charge in [-0.25, -0.2) is 0 Å². The van der Waals surface area contributed by atoms with Gasteiger partial charge in [0, 0.05) is 26.9 Å². The van der Waals surface area contributed by atoms with Gasteiger partial charge < -0.3 is 24.1 Å². The number of ether oxygens (including phenoxy) is 4. The molecule has 0 aromatic rings. The van der Waals surface area contributed by atoms with Gasteiger partial charge in [-0.05, 0) is 19.3 Å². The van der Waals surface area contributed by atoms with E-state index in [2.05, 4.69) is 6.92 Å². The summed E-state index contributed by atoms with van der Waals surface area (Å²) in [6, 6.07) is 0. The predicted molar refractivity (Wildman–Crippen MR) is 116 cm³/mol. The van der Waals surface area contributed by atoms with Crippen molar-refractivity contribution < 1.29 is 24.1 Å². The van der Waals surface area contributed by atoms with Gasteiger partial charge in [0.25, 0.3) is 0 Å². The molecule has 0 fully saturated rings. The van der Waals surface area contributed by atoms with Crippen LogP contribution in [0.5, 0.6) is 0 Å². The largest absolute Gasteiger partial charge is 0.394 e. The van der Waals surface area contributed by atoms with Crippen LogP contribution in [0.15, 0.2) is 0 Å². The average Bonchev–Trinajstić information content (AvgIpc) is 2.71. The van der Waals surface area contributed by atoms with Crippen LogP contribution in [-0.2, 0) is 18.9 Å². The molecule has 0 aliphatic heterocycles. The topological polar surface area (TPSA) is 57.2 Å². The van der Waals surface area contributed by atoms with Gasteiger partial charge in [0.15, 0.2) is 0 Å². The highest BCUT2D eigenvalue weighted by atomic mass is 16.6. The van der Waals surface area contributed by atoms with E-state index >= 15 is 0 Å². The van der Waals surface area contributed by atoms with Crippen LogP contribution in [0.3, 0.4) is 0 Å². The van der Waals surface area contributed by atoms with Gasteiger partial charge in [-0.15, -0.1) is 0 Å². The third kappa shape index (κ3) is 22.1. The lowest BCUT2D eigenvalue weighted by atomic mass is 10.1. The monoisotopic (exact) mass is 404 g/mol. The Labute approximate surface area is 174 Å². The highest BCUT2D eigenvalue weighted by Crippen LogP contribution is 2.09. The Hall–Kier alpha value is -0.200. The molecule has 0 spiro atoms. The normalized spacial score (nSPS) is 12.5. The lowest BCUT2D eigenvalue weighted by Gasteiger charge is -2.15. The van der Waals surface area contributed by atoms with Crippen LogP contribution >= 0.6 is 0 Å². The first-order valence-corrected chi connectivity index (χ1v) is 11.7. The number of hydrogen-bond donors (Lipinski definition) is 1. The third-order valence-corrected chi connectivity index (χ3v) is 4.87. The summed E-state index contributed by atoms with van der Waals surface area (Å²) in [5, 5.41) is 9.22. The first-order chi connectivity index (χ1) is 13.8. The molecular weight excluding hydrogens is 356 g/mol. The molecule has 1 unspecified atom stereocenters. The lowest BCUT2D eigenvalue weighted by Crippen LogP contribution is -2.25. The molecule has 1 atom stereocenters. The molecule has 170 valence electrons. The zero-order valence-corrected chi connectivity index (χ0v) is 18.8. The molecule has 5 nitrogen and oxygen atoms in total. The number of rotatable bonds is 24. The first-order valence-electron chi connectivity index (χ1n) is 11.7. The average molecular weight is 405 g/mol. The highest BCUT2D eigenvalue weighted by Gasteiger charge is 2.07. The molecule has 0 rings (SSSR count). The van der Waals surface area contributed by atoms with Crippen LogP contribution in [0.1, 0.15) is 90.4 Å². The van der Waals surface area contributed by atoms with E-state index < -0.39 is 0 Å². The highest BCUT2D eigenvalue weighted by molar-refractivity contribution is 4.54. The summed E-state index contributed by atoms with van der Waals surface area (Å²) in [5.41, 5.74) is 0. The van der Waals surface area contributed by atoms with Crippen molar-refractivity contribution in [3.05, 3.63) is 0 Å². The second kappa shape index (κ2) is 24.8. The second-order valence-corrected chi connectivity index (χ2v) is 7.60. The van der Waals surface area contributed by atoms with Crippen molar-refractivity contribution in [3.63, 3.8) is 0 Å². The fraction of sp³-hybridized carbons (Fsp3) is 1.00. The Kier molecular flexibility index (Phi) is 24.7. The fourth-order valence-electron chi connectivity index (χ4n) is 3.05. The van der Waals surface area contributed by atoms with E-state index in [1.54, 1.807) is 7.11 Å². The molecule has 0 aromatic heterocycles. The molecule has 0 heterocycles. The minimum Gasteiger partial charge on any atom is -0.394 e. The zero-order chi connectivity index (χ0) is 20.5. The summed E-state index contributed by atoms with van der Waals surface area (Å²) >= 11 is 0. The van der Waals surface area contributed by atoms with Gasteiger partial charge in [0.05, 0.1) is 26.4 Å². The molecule has 5 heteroatoms. The molecule has 0 aliphatic rings. The zero-order valence-electron chi connectivity index (χ0n) is 18.8. The van der Waals surface area contributed by atoms with Crippen molar-refractivity contribution in [2.75, 3.05) is 53.4 Å². The van der Waals surface area contributed by atoms with Crippen molar-refractivity contribution in [1.82, 2.24) is 0 Å². The SMILES string of the molecule is CCCCCCCOCCCCCCCCCCOCC(CO)OCCOC. The van der Waals surface area contributed by atoms with Crippen LogP contribution in [0.4, 0.5) is 0 Å². The summed E-state index contributed by atoms with van der Waals surface area (Å²) < 4.78 is 21.7. The van der Waals surface area contributed by atoms with Crippen molar-refractivity contribution in [2.45, 2.75) is 96.5 Å². The van der Waals surface area contributed by atoms with Gasteiger partial charge in [-0.1, -0.05) is 71.1 Å². The fourth-order valence-corrected chi connectivity index (χ4v) is 3.05. The minimum atomic E-state index is -0.236. The van der Waals surface area contributed by atoms with E-state index in [1.807, 2.05) is 0 Å². The van der Waals surface area contributed by atoms with Crippen LogP contribution < -0.4 is 0 Å². The Bertz CT molecular complexity index is 276. The van der Waals surface area contributed by atoms with Gasteiger partial charge in [-0.2, -0.15) is 0 Å². The molecule has 0 aromatic carbocycles. The maximum absolute atomic E-state index is 9.22. The van der Waals surface area contributed by atoms with Crippen LogP contribution in [-0.4, -0.2) is 64.6 Å². The quantitative estimate of drug-likeness (QED) is 0.226. The molecule has 28 heavy (non-hydrogen) atoms. The molecular formula is C23H48O5. The Morgan fingerprint density at radius 1 is 0.607 bits per heavy atom. The number of aliphatic hydroxyl groups is 1. The van der Waals surface area contributed by atoms with E-state index in [-0.39, 0.29) is 12.7 Å². The van der Waals surface area contributed by atoms with E-state index in [0.717, 1.165) is 26.2 Å². The molecule has 1 N–H and O–H groups in total. The van der Waals surface area contributed by atoms with Crippen molar-refractivity contribution in [2.24, 2.45) is 0 Å². The smallest absolute Gasteiger partial charge is 0.104 e. The van der Waals surface area contributed by atoms with Crippen LogP contribution in [0.2, 0.25) is 0 Å². The summed E-state index contributed by atoms with van der Waals surface area (Å²) in [4.78, 5) is 0. The maximum atomic E-state index is 9.22. The molecule has 0 saturated heterocycles. The van der Waals surface area contributed by atoms with E-state index in [9.17, 15) is 5.11 Å². The lowest BCUT2D eigenvalue weighted by molar-refractivity contribution is -0.0551. The molecule has 0 bridgehead atoms. The van der Waals surface area contributed by atoms with Gasteiger partial charge in [-0.3, -0.25) is 0 Å². The summed E-state index contributed by atoms with van der Waals surface area (Å²) in [6.45, 7) is 6.38. The van der Waals surface area contributed by atoms with E-state index in [4.69, 9.17) is 18.9 Å². The van der Waals surface area contributed by atoms with Gasteiger partial charge >= 0.3 is 0 Å². The summed E-state index contributed by atoms with van der Waals surface area (Å²) in [7, 11) is 1.64. The number of hydrogen-bond acceptors (Lipinski definition) is 5. The van der Waals surface area contributed by atoms with Crippen molar-refractivity contribution >= 4 is 0 Å². The molecule has 0 radical (unpaired) electrons. The Morgan fingerprint density at radius 2 is 1.11 bits per heavy atom. The van der Waals surface area contributed by atoms with Crippen LogP contribution in [0, 0.1) is 0 Å². The number of unbranched alkanes of at least 4 members (excludes halogenated alkanes) is 11. The summed E-state index contributed by atoms with van der Waals surface area (Å²) in [5.74, 6) is 0. The Morgan fingerprint density at radius 3 is 1.61 bits per heavy atom. The number of aliphatic hydroxyl groups excluding tert-OH is 1. The molecule has 0 aliphatic carbocycles. The Balaban J connectivity index is 3.13. The molecule has 0 amide bonds. The van der Waals surface area contributed by atoms with Crippen LogP contribution in [0.25, 0.3) is 0 Å². The predicted octanol–water partition coefficient (Wildman–Crippen LogP) is 5.13. The van der Waals surface area contributed by atoms with Crippen molar-refractivity contribution in [1.29, 1.82) is 0 Å². The number of methoxy groups -OCH3 is 1. The third-order valence-electron chi connectivity index (χ3n) is 4.87.